The van der Waals surface area contributed by atoms with Gasteiger partial charge in [0.05, 0.1) is 18.9 Å². The summed E-state index contributed by atoms with van der Waals surface area (Å²) in [4.78, 5) is 13.1. The number of aromatic nitrogens is 5. The third kappa shape index (κ3) is 5.32. The van der Waals surface area contributed by atoms with Gasteiger partial charge < -0.3 is 15.2 Å². The normalized spacial score (nSPS) is 11.4. The van der Waals surface area contributed by atoms with Gasteiger partial charge in [0.25, 0.3) is 5.91 Å². The Morgan fingerprint density at radius 3 is 2.39 bits per heavy atom. The fraction of sp³-hybridized carbons (Fsp3) is 0.250. The number of hydrogen-bond acceptors (Lipinski definition) is 10. The summed E-state index contributed by atoms with van der Waals surface area (Å²) in [6.45, 7) is 6.91. The van der Waals surface area contributed by atoms with E-state index in [0.29, 0.717) is 35.9 Å². The highest BCUT2D eigenvalue weighted by Gasteiger charge is 2.25. The van der Waals surface area contributed by atoms with Gasteiger partial charge in [0, 0.05) is 5.56 Å². The molecule has 0 saturated carbocycles. The van der Waals surface area contributed by atoms with Crippen molar-refractivity contribution in [2.24, 2.45) is 5.10 Å². The summed E-state index contributed by atoms with van der Waals surface area (Å²) in [5.41, 5.74) is 10.8. The number of nitrogens with two attached hydrogens (primary N) is 1. The maximum absolute atomic E-state index is 13.1. The maximum Gasteiger partial charge on any atom is 0.294 e. The van der Waals surface area contributed by atoms with E-state index in [9.17, 15) is 4.79 Å². The molecular weight excluding hydrogens is 464 g/mol. The first-order chi connectivity index (χ1) is 17.5. The van der Waals surface area contributed by atoms with E-state index in [1.54, 1.807) is 31.2 Å². The first-order valence-corrected chi connectivity index (χ1v) is 11.4. The van der Waals surface area contributed by atoms with Gasteiger partial charge in [0.15, 0.2) is 5.69 Å². The fourth-order valence-electron chi connectivity index (χ4n) is 3.32. The van der Waals surface area contributed by atoms with Crippen molar-refractivity contribution in [2.75, 3.05) is 18.9 Å². The molecule has 2 aromatic heterocycles. The number of anilines is 1. The van der Waals surface area contributed by atoms with Crippen molar-refractivity contribution >= 4 is 17.4 Å². The summed E-state index contributed by atoms with van der Waals surface area (Å²) in [5.74, 6) is 0.996. The molecule has 12 heteroatoms. The first kappa shape index (κ1) is 24.4. The number of hydrogen-bond donors (Lipinski definition) is 2. The summed E-state index contributed by atoms with van der Waals surface area (Å²) in [5, 5.41) is 19.7. The molecular formula is C24H26N8O4. The number of carbonyl (C=O) groups excluding carboxylic acids is 1. The molecule has 1 amide bonds. The lowest BCUT2D eigenvalue weighted by atomic mass is 10.1. The van der Waals surface area contributed by atoms with Gasteiger partial charge in [0.2, 0.25) is 11.6 Å². The van der Waals surface area contributed by atoms with E-state index in [2.05, 4.69) is 31.2 Å². The first-order valence-electron chi connectivity index (χ1n) is 11.4. The van der Waals surface area contributed by atoms with Crippen LogP contribution < -0.4 is 20.6 Å². The third-order valence-electron chi connectivity index (χ3n) is 5.09. The molecule has 2 aromatic carbocycles. The molecule has 2 heterocycles. The molecule has 0 saturated heterocycles. The second-order valence-electron chi connectivity index (χ2n) is 7.64. The lowest BCUT2D eigenvalue weighted by Crippen LogP contribution is -2.21. The number of benzene rings is 2. The monoisotopic (exact) mass is 490 g/mol. The van der Waals surface area contributed by atoms with Crippen LogP contribution in [0.5, 0.6) is 11.5 Å². The minimum absolute atomic E-state index is 0.000345. The number of amides is 1. The predicted molar refractivity (Wildman–Crippen MR) is 132 cm³/mol. The Morgan fingerprint density at radius 2 is 1.75 bits per heavy atom. The zero-order valence-electron chi connectivity index (χ0n) is 20.1. The van der Waals surface area contributed by atoms with Crippen LogP contribution >= 0.6 is 0 Å². The van der Waals surface area contributed by atoms with E-state index in [0.717, 1.165) is 17.7 Å². The zero-order chi connectivity index (χ0) is 25.5. The molecule has 0 spiro atoms. The SMILES string of the molecule is CCCOc1ccc(-c2c(C(=O)NN=C(C)c3ccc(OCC)cc3)nnn2-c2nonc2N)cc1. The van der Waals surface area contributed by atoms with E-state index < -0.39 is 5.91 Å². The molecule has 0 aliphatic heterocycles. The molecule has 0 fully saturated rings. The Balaban J connectivity index is 1.63. The average Bonchev–Trinajstić information content (AvgIpc) is 3.52. The van der Waals surface area contributed by atoms with Crippen molar-refractivity contribution in [3.63, 3.8) is 0 Å². The number of hydrazone groups is 1. The predicted octanol–water partition coefficient (Wildman–Crippen LogP) is 3.24. The molecule has 0 radical (unpaired) electrons. The standard InChI is InChI=1S/C24H26N8O4/c1-4-14-35-19-12-8-17(9-13-19)21-20(27-31-32(21)23-22(25)29-36-30-23)24(33)28-26-15(3)16-6-10-18(11-7-16)34-5-2/h6-13H,4-5,14H2,1-3H3,(H2,25,29)(H,28,33). The number of ether oxygens (including phenoxy) is 2. The largest absolute Gasteiger partial charge is 0.494 e. The Labute approximate surface area is 207 Å². The van der Waals surface area contributed by atoms with Gasteiger partial charge in [-0.05, 0) is 84.7 Å². The van der Waals surface area contributed by atoms with Crippen LogP contribution in [0.4, 0.5) is 5.82 Å². The van der Waals surface area contributed by atoms with Crippen molar-refractivity contribution < 1.29 is 18.9 Å². The van der Waals surface area contributed by atoms with Crippen molar-refractivity contribution in [1.29, 1.82) is 0 Å². The van der Waals surface area contributed by atoms with Gasteiger partial charge in [0.1, 0.15) is 17.2 Å². The van der Waals surface area contributed by atoms with E-state index in [4.69, 9.17) is 19.8 Å². The van der Waals surface area contributed by atoms with Crippen molar-refractivity contribution in [2.45, 2.75) is 27.2 Å². The summed E-state index contributed by atoms with van der Waals surface area (Å²) in [7, 11) is 0. The number of nitrogens with one attached hydrogen (secondary N) is 1. The Morgan fingerprint density at radius 1 is 1.06 bits per heavy atom. The Hall–Kier alpha value is -4.74. The van der Waals surface area contributed by atoms with Gasteiger partial charge in [-0.2, -0.15) is 9.78 Å². The second-order valence-corrected chi connectivity index (χ2v) is 7.64. The molecule has 0 aliphatic carbocycles. The summed E-state index contributed by atoms with van der Waals surface area (Å²) < 4.78 is 17.1. The van der Waals surface area contributed by atoms with Crippen LogP contribution in [0.25, 0.3) is 17.1 Å². The summed E-state index contributed by atoms with van der Waals surface area (Å²) in [6.07, 6.45) is 0.887. The number of rotatable bonds is 10. The van der Waals surface area contributed by atoms with Crippen LogP contribution in [0, 0.1) is 0 Å². The summed E-state index contributed by atoms with van der Waals surface area (Å²) >= 11 is 0. The summed E-state index contributed by atoms with van der Waals surface area (Å²) in [6, 6.07) is 14.6. The highest BCUT2D eigenvalue weighted by molar-refractivity contribution is 6.02. The topological polar surface area (TPSA) is 156 Å². The lowest BCUT2D eigenvalue weighted by Gasteiger charge is -2.08. The lowest BCUT2D eigenvalue weighted by molar-refractivity contribution is 0.0950. The second kappa shape index (κ2) is 11.1. The van der Waals surface area contributed by atoms with Gasteiger partial charge in [-0.1, -0.05) is 12.1 Å². The van der Waals surface area contributed by atoms with Crippen molar-refractivity contribution in [3.05, 3.63) is 59.8 Å². The Bertz CT molecular complexity index is 1340. The van der Waals surface area contributed by atoms with Gasteiger partial charge in [-0.15, -0.1) is 5.10 Å². The number of nitrogens with zero attached hydrogens (tertiary/aromatic N) is 6. The van der Waals surface area contributed by atoms with Gasteiger partial charge in [-0.25, -0.2) is 10.1 Å². The van der Waals surface area contributed by atoms with E-state index in [1.807, 2.05) is 38.1 Å². The fourth-order valence-corrected chi connectivity index (χ4v) is 3.32. The molecule has 12 nitrogen and oxygen atoms in total. The molecule has 0 atom stereocenters. The van der Waals surface area contributed by atoms with Crippen molar-refractivity contribution in [3.8, 4) is 28.6 Å². The van der Waals surface area contributed by atoms with Crippen LogP contribution in [0.2, 0.25) is 0 Å². The molecule has 4 rings (SSSR count). The van der Waals surface area contributed by atoms with Crippen LogP contribution in [0.3, 0.4) is 0 Å². The smallest absolute Gasteiger partial charge is 0.294 e. The minimum atomic E-state index is -0.567. The van der Waals surface area contributed by atoms with Crippen LogP contribution in [0.1, 0.15) is 43.2 Å². The van der Waals surface area contributed by atoms with Gasteiger partial charge >= 0.3 is 0 Å². The molecule has 4 aromatic rings. The van der Waals surface area contributed by atoms with Crippen LogP contribution in [-0.2, 0) is 0 Å². The minimum Gasteiger partial charge on any atom is -0.494 e. The van der Waals surface area contributed by atoms with Crippen molar-refractivity contribution in [1.82, 2.24) is 30.7 Å². The third-order valence-corrected chi connectivity index (χ3v) is 5.09. The van der Waals surface area contributed by atoms with E-state index >= 15 is 0 Å². The van der Waals surface area contributed by atoms with Crippen LogP contribution in [-0.4, -0.2) is 50.1 Å². The quantitative estimate of drug-likeness (QED) is 0.252. The average molecular weight is 491 g/mol. The Kier molecular flexibility index (Phi) is 7.54. The molecule has 0 bridgehead atoms. The van der Waals surface area contributed by atoms with E-state index in [1.165, 1.54) is 4.68 Å². The molecule has 0 aliphatic rings. The highest BCUT2D eigenvalue weighted by atomic mass is 16.6. The highest BCUT2D eigenvalue weighted by Crippen LogP contribution is 2.28. The molecule has 3 N–H and O–H groups in total. The van der Waals surface area contributed by atoms with Crippen LogP contribution in [0.15, 0.2) is 58.3 Å². The zero-order valence-corrected chi connectivity index (χ0v) is 20.1. The van der Waals surface area contributed by atoms with Gasteiger partial charge in [-0.3, -0.25) is 4.79 Å². The van der Waals surface area contributed by atoms with E-state index in [-0.39, 0.29) is 17.3 Å². The maximum atomic E-state index is 13.1. The molecule has 0 unspecified atom stereocenters. The number of nitrogen functional groups attached to an aromatic ring is 1. The molecule has 186 valence electrons. The number of carbonyl (C=O) groups is 1. The molecule has 36 heavy (non-hydrogen) atoms.